The first kappa shape index (κ1) is 20.0. The Kier molecular flexibility index (Phi) is 5.54. The molecule has 3 aliphatic heterocycles. The van der Waals surface area contributed by atoms with Crippen LogP contribution in [0, 0.1) is 23.7 Å². The molecule has 2 amide bonds. The highest BCUT2D eigenvalue weighted by Crippen LogP contribution is 2.36. The molecule has 166 valence electrons. The molecule has 7 atom stereocenters. The fourth-order valence-electron chi connectivity index (χ4n) is 6.08. The van der Waals surface area contributed by atoms with Crippen LogP contribution in [-0.4, -0.2) is 72.8 Å². The Labute approximate surface area is 176 Å². The van der Waals surface area contributed by atoms with E-state index in [1.165, 1.54) is 0 Å². The van der Waals surface area contributed by atoms with Gasteiger partial charge in [0.2, 0.25) is 5.91 Å². The van der Waals surface area contributed by atoms with Crippen LogP contribution in [0.2, 0.25) is 0 Å². The average Bonchev–Trinajstić information content (AvgIpc) is 3.45. The second-order valence-electron chi connectivity index (χ2n) is 9.90. The first-order valence-electron chi connectivity index (χ1n) is 11.6. The number of hydrogen-bond donors (Lipinski definition) is 1. The van der Waals surface area contributed by atoms with Crippen LogP contribution in [0.5, 0.6) is 0 Å². The summed E-state index contributed by atoms with van der Waals surface area (Å²) < 4.78 is 19.0. The number of nitrogens with one attached hydrogen (secondary N) is 1. The highest BCUT2D eigenvalue weighted by atomic mass is 19.1. The van der Waals surface area contributed by atoms with Gasteiger partial charge in [-0.3, -0.25) is 10.2 Å². The van der Waals surface area contributed by atoms with Crippen molar-refractivity contribution in [2.45, 2.75) is 63.2 Å². The smallest absolute Gasteiger partial charge is 0.409 e. The lowest BCUT2D eigenvalue weighted by atomic mass is 9.82. The van der Waals surface area contributed by atoms with Crippen molar-refractivity contribution in [3.8, 4) is 0 Å². The largest absolute Gasteiger partial charge is 0.449 e. The number of rotatable bonds is 3. The Morgan fingerprint density at radius 3 is 2.53 bits per heavy atom. The first-order valence-corrected chi connectivity index (χ1v) is 11.6. The summed E-state index contributed by atoms with van der Waals surface area (Å²) in [4.78, 5) is 29.3. The Hall–Kier alpha value is -1.93. The standard InChI is InChI=1S/C21H32FN5O3/c22-17-3-1-2-13(6-17)12-30-21(29)27-10-15-8-26(9-16(15)11-27)20(28)14-4-5-18-19(7-14)24-25-23-18/h13-19H,1-12H2,(H,23,24). The number of halogens is 1. The number of fused-ring (bicyclic) bond motifs is 2. The van der Waals surface area contributed by atoms with E-state index < -0.39 is 6.17 Å². The predicted octanol–water partition coefficient (Wildman–Crippen LogP) is 2.55. The van der Waals surface area contributed by atoms with Gasteiger partial charge in [0.25, 0.3) is 0 Å². The minimum absolute atomic E-state index is 0.0527. The molecule has 9 heteroatoms. The summed E-state index contributed by atoms with van der Waals surface area (Å²) in [7, 11) is 0. The third-order valence-electron chi connectivity index (χ3n) is 7.81. The normalized spacial score (nSPS) is 40.1. The van der Waals surface area contributed by atoms with E-state index in [1.54, 1.807) is 4.90 Å². The number of carbonyl (C=O) groups is 2. The van der Waals surface area contributed by atoms with Gasteiger partial charge in [0, 0.05) is 43.9 Å². The zero-order chi connectivity index (χ0) is 20.7. The molecule has 0 radical (unpaired) electrons. The molecule has 8 nitrogen and oxygen atoms in total. The van der Waals surface area contributed by atoms with Crippen LogP contribution in [0.1, 0.15) is 44.9 Å². The number of alkyl halides is 1. The van der Waals surface area contributed by atoms with Crippen LogP contribution in [0.4, 0.5) is 9.18 Å². The van der Waals surface area contributed by atoms with E-state index in [0.29, 0.717) is 44.4 Å². The van der Waals surface area contributed by atoms with Gasteiger partial charge in [0.15, 0.2) is 0 Å². The highest BCUT2D eigenvalue weighted by molar-refractivity contribution is 5.79. The van der Waals surface area contributed by atoms with E-state index in [2.05, 4.69) is 15.8 Å². The van der Waals surface area contributed by atoms with E-state index in [4.69, 9.17) is 4.74 Å². The van der Waals surface area contributed by atoms with Gasteiger partial charge < -0.3 is 14.5 Å². The second kappa shape index (κ2) is 8.30. The third kappa shape index (κ3) is 3.99. The van der Waals surface area contributed by atoms with Crippen molar-refractivity contribution < 1.29 is 18.7 Å². The molecule has 0 aromatic rings. The maximum absolute atomic E-state index is 13.5. The van der Waals surface area contributed by atoms with Gasteiger partial charge in [-0.1, -0.05) is 11.6 Å². The molecule has 0 aromatic carbocycles. The van der Waals surface area contributed by atoms with Crippen molar-refractivity contribution in [2.75, 3.05) is 32.8 Å². The van der Waals surface area contributed by atoms with Gasteiger partial charge in [-0.15, -0.1) is 0 Å². The average molecular weight is 422 g/mol. The molecule has 2 saturated carbocycles. The van der Waals surface area contributed by atoms with Gasteiger partial charge in [0.1, 0.15) is 6.17 Å². The molecule has 2 saturated heterocycles. The van der Waals surface area contributed by atoms with E-state index in [0.717, 1.165) is 45.2 Å². The van der Waals surface area contributed by atoms with Crippen LogP contribution < -0.4 is 5.43 Å². The minimum Gasteiger partial charge on any atom is -0.449 e. The Morgan fingerprint density at radius 2 is 1.77 bits per heavy atom. The summed E-state index contributed by atoms with van der Waals surface area (Å²) in [5.41, 5.74) is 3.04. The van der Waals surface area contributed by atoms with Gasteiger partial charge >= 0.3 is 6.09 Å². The fraction of sp³-hybridized carbons (Fsp3) is 0.905. The predicted molar refractivity (Wildman–Crippen MR) is 106 cm³/mol. The Morgan fingerprint density at radius 1 is 1.00 bits per heavy atom. The molecule has 5 aliphatic rings. The zero-order valence-corrected chi connectivity index (χ0v) is 17.4. The summed E-state index contributed by atoms with van der Waals surface area (Å²) in [5.74, 6) is 1.12. The molecule has 2 aliphatic carbocycles. The van der Waals surface area contributed by atoms with Crippen LogP contribution in [0.15, 0.2) is 10.3 Å². The molecular weight excluding hydrogens is 389 g/mol. The van der Waals surface area contributed by atoms with Gasteiger partial charge in [-0.05, 0) is 44.4 Å². The molecule has 30 heavy (non-hydrogen) atoms. The molecule has 0 bridgehead atoms. The number of carbonyl (C=O) groups excluding carboxylic acids is 2. The van der Waals surface area contributed by atoms with E-state index in [-0.39, 0.29) is 35.9 Å². The molecule has 7 unspecified atom stereocenters. The van der Waals surface area contributed by atoms with Gasteiger partial charge in [-0.25, -0.2) is 9.18 Å². The Bertz CT molecular complexity index is 692. The lowest BCUT2D eigenvalue weighted by molar-refractivity contribution is -0.136. The van der Waals surface area contributed by atoms with Crippen molar-refractivity contribution in [1.29, 1.82) is 0 Å². The molecule has 1 N–H and O–H groups in total. The number of hydrogen-bond acceptors (Lipinski definition) is 6. The van der Waals surface area contributed by atoms with Crippen molar-refractivity contribution >= 4 is 12.0 Å². The molecule has 4 fully saturated rings. The van der Waals surface area contributed by atoms with Crippen molar-refractivity contribution in [3.63, 3.8) is 0 Å². The van der Waals surface area contributed by atoms with Crippen molar-refractivity contribution in [1.82, 2.24) is 15.2 Å². The van der Waals surface area contributed by atoms with E-state index >= 15 is 0 Å². The van der Waals surface area contributed by atoms with Crippen molar-refractivity contribution in [2.24, 2.45) is 34.0 Å². The Balaban J connectivity index is 1.07. The quantitative estimate of drug-likeness (QED) is 0.759. The topological polar surface area (TPSA) is 86.6 Å². The number of ether oxygens (including phenoxy) is 1. The maximum atomic E-state index is 13.5. The van der Waals surface area contributed by atoms with Gasteiger partial charge in [0.05, 0.1) is 18.7 Å². The molecular formula is C21H32FN5O3. The number of amides is 2. The zero-order valence-electron chi connectivity index (χ0n) is 17.4. The molecule has 0 aromatic heterocycles. The molecule has 3 heterocycles. The van der Waals surface area contributed by atoms with E-state index in [9.17, 15) is 14.0 Å². The summed E-state index contributed by atoms with van der Waals surface area (Å²) in [6, 6.07) is 0.438. The summed E-state index contributed by atoms with van der Waals surface area (Å²) in [6.45, 7) is 3.08. The maximum Gasteiger partial charge on any atom is 0.409 e. The van der Waals surface area contributed by atoms with Crippen LogP contribution in [-0.2, 0) is 9.53 Å². The minimum atomic E-state index is -0.750. The molecule has 5 rings (SSSR count). The lowest BCUT2D eigenvalue weighted by Crippen LogP contribution is -2.44. The van der Waals surface area contributed by atoms with E-state index in [1.807, 2.05) is 4.90 Å². The van der Waals surface area contributed by atoms with Crippen molar-refractivity contribution in [3.05, 3.63) is 0 Å². The van der Waals surface area contributed by atoms with Gasteiger partial charge in [-0.2, -0.15) is 5.11 Å². The number of likely N-dealkylation sites (tertiary alicyclic amines) is 2. The SMILES string of the molecule is O=C(OCC1CCCC(F)C1)N1CC2CN(C(=O)C3CCC4N=NNC4C3)CC2C1. The third-order valence-corrected chi connectivity index (χ3v) is 7.81. The fourth-order valence-corrected chi connectivity index (χ4v) is 6.08. The summed E-state index contributed by atoms with van der Waals surface area (Å²) in [6.07, 6.45) is 4.55. The second-order valence-corrected chi connectivity index (χ2v) is 9.90. The summed E-state index contributed by atoms with van der Waals surface area (Å²) in [5, 5.41) is 8.11. The monoisotopic (exact) mass is 421 g/mol. The van der Waals surface area contributed by atoms with Crippen LogP contribution in [0.3, 0.4) is 0 Å². The first-order chi connectivity index (χ1) is 14.6. The highest BCUT2D eigenvalue weighted by Gasteiger charge is 2.46. The summed E-state index contributed by atoms with van der Waals surface area (Å²) >= 11 is 0. The lowest BCUT2D eigenvalue weighted by Gasteiger charge is -2.31. The number of nitrogens with zero attached hydrogens (tertiary/aromatic N) is 4. The molecule has 0 spiro atoms. The van der Waals surface area contributed by atoms with Crippen LogP contribution >= 0.6 is 0 Å². The van der Waals surface area contributed by atoms with Crippen LogP contribution in [0.25, 0.3) is 0 Å².